The maximum absolute atomic E-state index is 15.7. The van der Waals surface area contributed by atoms with Crippen molar-refractivity contribution in [1.29, 1.82) is 5.26 Å². The number of aromatic nitrogens is 1. The number of hydrogen-bond donors (Lipinski definition) is 2. The summed E-state index contributed by atoms with van der Waals surface area (Å²) in [6, 6.07) is 9.67. The lowest BCUT2D eigenvalue weighted by molar-refractivity contribution is -0.136. The molecule has 1 fully saturated rings. The number of anilines is 2. The van der Waals surface area contributed by atoms with E-state index in [0.717, 1.165) is 0 Å². The molecule has 2 aliphatic heterocycles. The molecule has 3 aromatic carbocycles. The average Bonchev–Trinajstić information content (AvgIpc) is 3.30. The molecular weight excluding hydrogens is 656 g/mol. The number of amides is 4. The van der Waals surface area contributed by atoms with Gasteiger partial charge in [0.05, 0.1) is 57.8 Å². The van der Waals surface area contributed by atoms with Crippen LogP contribution in [-0.2, 0) is 16.2 Å². The Morgan fingerprint density at radius 3 is 2.51 bits per heavy atom. The number of nitriles is 1. The molecule has 1 saturated heterocycles. The number of imide groups is 2. The van der Waals surface area contributed by atoms with Crippen LogP contribution in [0.2, 0.25) is 10.0 Å². The smallest absolute Gasteiger partial charge is 0.265 e. The summed E-state index contributed by atoms with van der Waals surface area (Å²) < 4.78 is 32.5. The van der Waals surface area contributed by atoms with Crippen LogP contribution in [0.15, 0.2) is 42.6 Å². The summed E-state index contributed by atoms with van der Waals surface area (Å²) in [6.07, 6.45) is 1.24. The van der Waals surface area contributed by atoms with Gasteiger partial charge in [-0.3, -0.25) is 34.4 Å². The van der Waals surface area contributed by atoms with Gasteiger partial charge in [-0.05, 0) is 24.6 Å². The van der Waals surface area contributed by atoms with Crippen molar-refractivity contribution in [3.05, 3.63) is 80.7 Å². The van der Waals surface area contributed by atoms with E-state index < -0.39 is 41.1 Å². The third-order valence-corrected chi connectivity index (χ3v) is 8.39. The Morgan fingerprint density at radius 2 is 1.81 bits per heavy atom. The Labute approximate surface area is 275 Å². The van der Waals surface area contributed by atoms with Gasteiger partial charge in [0.1, 0.15) is 30.3 Å². The third-order valence-electron chi connectivity index (χ3n) is 7.78. The molecule has 3 heterocycles. The first-order chi connectivity index (χ1) is 22.6. The molecule has 238 valence electrons. The second-order valence-electron chi connectivity index (χ2n) is 10.5. The van der Waals surface area contributed by atoms with Gasteiger partial charge in [0, 0.05) is 35.7 Å². The zero-order valence-electron chi connectivity index (χ0n) is 24.6. The summed E-state index contributed by atoms with van der Waals surface area (Å²) in [6.45, 7) is -0.373. The zero-order chi connectivity index (χ0) is 33.6. The van der Waals surface area contributed by atoms with Gasteiger partial charge < -0.3 is 19.5 Å². The van der Waals surface area contributed by atoms with Crippen molar-refractivity contribution in [3.63, 3.8) is 0 Å². The second-order valence-corrected chi connectivity index (χ2v) is 11.3. The Morgan fingerprint density at radius 1 is 1.04 bits per heavy atom. The summed E-state index contributed by atoms with van der Waals surface area (Å²) in [5.74, 6) is -3.35. The van der Waals surface area contributed by atoms with Crippen LogP contribution in [0.4, 0.5) is 15.8 Å². The van der Waals surface area contributed by atoms with E-state index >= 15 is 4.39 Å². The molecule has 4 amide bonds. The molecule has 1 atom stereocenters. The molecule has 47 heavy (non-hydrogen) atoms. The molecule has 15 heteroatoms. The minimum Gasteiger partial charge on any atom is -0.495 e. The van der Waals surface area contributed by atoms with Crippen molar-refractivity contribution in [2.24, 2.45) is 0 Å². The first-order valence-corrected chi connectivity index (χ1v) is 14.7. The van der Waals surface area contributed by atoms with Crippen LogP contribution < -0.4 is 24.8 Å². The highest BCUT2D eigenvalue weighted by atomic mass is 35.5. The molecule has 0 aliphatic carbocycles. The standard InChI is InChI=1S/C32H22Cl2FN5O7/c1-45-23-10-21(18(33)8-19(23)34)38-29-15(11-36)12-37-20-9-25(24(46-2)7-17(20)29)47-13-14-3-4-16-27(28(14)35)32(44)40(31(16)43)22-5-6-26(41)39-30(22)42/h3-4,7-10,12,22H,5-6,13H2,1-2H3,(H,37,38)(H,39,41,42). The number of nitrogens with zero attached hydrogens (tertiary/aromatic N) is 3. The van der Waals surface area contributed by atoms with Crippen LogP contribution in [-0.4, -0.2) is 53.8 Å². The van der Waals surface area contributed by atoms with Crippen molar-refractivity contribution in [1.82, 2.24) is 15.2 Å². The average molecular weight is 678 g/mol. The Kier molecular flexibility index (Phi) is 8.31. The number of rotatable bonds is 8. The predicted octanol–water partition coefficient (Wildman–Crippen LogP) is 5.29. The summed E-state index contributed by atoms with van der Waals surface area (Å²) in [7, 11) is 2.85. The number of ether oxygens (including phenoxy) is 3. The Bertz CT molecular complexity index is 2080. The Hall–Kier alpha value is -5.45. The fourth-order valence-electron chi connectivity index (χ4n) is 5.44. The molecule has 2 aliphatic rings. The van der Waals surface area contributed by atoms with E-state index in [4.69, 9.17) is 37.4 Å². The fraction of sp³-hybridized carbons (Fsp3) is 0.188. The largest absolute Gasteiger partial charge is 0.495 e. The fourth-order valence-corrected chi connectivity index (χ4v) is 5.94. The lowest BCUT2D eigenvalue weighted by Crippen LogP contribution is -2.54. The highest BCUT2D eigenvalue weighted by Gasteiger charge is 2.46. The first kappa shape index (κ1) is 31.5. The summed E-state index contributed by atoms with van der Waals surface area (Å²) in [5, 5.41) is 16.1. The predicted molar refractivity (Wildman–Crippen MR) is 167 cm³/mol. The molecule has 4 aromatic rings. The first-order valence-electron chi connectivity index (χ1n) is 13.9. The number of methoxy groups -OCH3 is 2. The van der Waals surface area contributed by atoms with Gasteiger partial charge in [-0.2, -0.15) is 5.26 Å². The molecule has 6 rings (SSSR count). The van der Waals surface area contributed by atoms with Crippen molar-refractivity contribution in [2.75, 3.05) is 19.5 Å². The maximum Gasteiger partial charge on any atom is 0.265 e. The van der Waals surface area contributed by atoms with Crippen molar-refractivity contribution in [2.45, 2.75) is 25.5 Å². The third kappa shape index (κ3) is 5.51. The van der Waals surface area contributed by atoms with E-state index in [9.17, 15) is 24.4 Å². The van der Waals surface area contributed by atoms with Crippen LogP contribution in [0.5, 0.6) is 17.2 Å². The minimum absolute atomic E-state index is 0.0429. The van der Waals surface area contributed by atoms with E-state index in [1.807, 2.05) is 0 Å². The zero-order valence-corrected chi connectivity index (χ0v) is 26.1. The monoisotopic (exact) mass is 677 g/mol. The van der Waals surface area contributed by atoms with Crippen molar-refractivity contribution in [3.8, 4) is 23.3 Å². The molecule has 0 radical (unpaired) electrons. The van der Waals surface area contributed by atoms with Crippen LogP contribution in [0.25, 0.3) is 10.9 Å². The van der Waals surface area contributed by atoms with Crippen LogP contribution in [0.3, 0.4) is 0 Å². The van der Waals surface area contributed by atoms with E-state index in [1.54, 1.807) is 12.1 Å². The Balaban J connectivity index is 1.30. The topological polar surface area (TPSA) is 160 Å². The van der Waals surface area contributed by atoms with Gasteiger partial charge in [0.15, 0.2) is 11.5 Å². The van der Waals surface area contributed by atoms with E-state index in [1.165, 1.54) is 44.7 Å². The van der Waals surface area contributed by atoms with E-state index in [0.29, 0.717) is 37.9 Å². The van der Waals surface area contributed by atoms with Gasteiger partial charge in [-0.25, -0.2) is 4.39 Å². The van der Waals surface area contributed by atoms with Crippen molar-refractivity contribution < 1.29 is 37.8 Å². The molecule has 0 spiro atoms. The number of halogens is 3. The highest BCUT2D eigenvalue weighted by Crippen LogP contribution is 2.41. The number of hydrogen-bond acceptors (Lipinski definition) is 10. The molecule has 12 nitrogen and oxygen atoms in total. The molecule has 0 saturated carbocycles. The molecular formula is C32H22Cl2FN5O7. The van der Waals surface area contributed by atoms with Crippen LogP contribution in [0.1, 0.15) is 44.7 Å². The molecule has 0 bridgehead atoms. The SMILES string of the molecule is COc1cc(Nc2c(C#N)cnc3cc(OCc4ccc5c(c4F)C(=O)N(C4CCC(=O)NC4=O)C5=O)c(OC)cc23)c(Cl)cc1Cl. The van der Waals surface area contributed by atoms with E-state index in [2.05, 4.69) is 21.7 Å². The highest BCUT2D eigenvalue weighted by molar-refractivity contribution is 6.37. The van der Waals surface area contributed by atoms with Gasteiger partial charge in [0.25, 0.3) is 11.8 Å². The van der Waals surface area contributed by atoms with Crippen LogP contribution >= 0.6 is 23.2 Å². The minimum atomic E-state index is -1.23. The van der Waals surface area contributed by atoms with Gasteiger partial charge in [-0.15, -0.1) is 0 Å². The van der Waals surface area contributed by atoms with Crippen LogP contribution in [0, 0.1) is 17.1 Å². The van der Waals surface area contributed by atoms with Gasteiger partial charge in [0.2, 0.25) is 11.8 Å². The quantitative estimate of drug-likeness (QED) is 0.234. The summed E-state index contributed by atoms with van der Waals surface area (Å²) in [4.78, 5) is 55.2. The number of fused-ring (bicyclic) bond motifs is 2. The second kappa shape index (κ2) is 12.4. The number of carbonyl (C=O) groups excluding carboxylic acids is 4. The van der Waals surface area contributed by atoms with Crippen molar-refractivity contribution >= 4 is 69.1 Å². The number of carbonyl (C=O) groups is 4. The summed E-state index contributed by atoms with van der Waals surface area (Å²) >= 11 is 12.6. The number of nitrogens with one attached hydrogen (secondary N) is 2. The molecule has 1 aromatic heterocycles. The molecule has 2 N–H and O–H groups in total. The number of pyridine rings is 1. The normalized spacial score (nSPS) is 15.7. The maximum atomic E-state index is 15.7. The van der Waals surface area contributed by atoms with Gasteiger partial charge in [-0.1, -0.05) is 29.3 Å². The lowest BCUT2D eigenvalue weighted by atomic mass is 10.0. The molecule has 1 unspecified atom stereocenters. The lowest BCUT2D eigenvalue weighted by Gasteiger charge is -2.27. The summed E-state index contributed by atoms with van der Waals surface area (Å²) in [5.41, 5.74) is 0.636. The van der Waals surface area contributed by atoms with E-state index in [-0.39, 0.29) is 52.7 Å². The van der Waals surface area contributed by atoms with Gasteiger partial charge >= 0.3 is 0 Å². The number of piperidine rings is 1. The number of benzene rings is 3.